The Kier molecular flexibility index (Phi) is 10.5. The van der Waals surface area contributed by atoms with Crippen molar-refractivity contribution < 1.29 is 27.6 Å². The van der Waals surface area contributed by atoms with E-state index in [4.69, 9.17) is 18.0 Å². The molecule has 0 saturated carbocycles. The largest absolute Gasteiger partial charge is 0.500 e. The molecule has 0 saturated heterocycles. The van der Waals surface area contributed by atoms with Crippen molar-refractivity contribution in [3.63, 3.8) is 0 Å². The average Bonchev–Trinajstić information content (AvgIpc) is 2.59. The summed E-state index contributed by atoms with van der Waals surface area (Å²) >= 11 is 0. The van der Waals surface area contributed by atoms with Crippen molar-refractivity contribution in [3.05, 3.63) is 0 Å². The predicted molar refractivity (Wildman–Crippen MR) is 98.0 cm³/mol. The Bertz CT molecular complexity index is 415. The van der Waals surface area contributed by atoms with Gasteiger partial charge in [-0.1, -0.05) is 6.92 Å². The van der Waals surface area contributed by atoms with Gasteiger partial charge in [0.2, 0.25) is 5.91 Å². The second kappa shape index (κ2) is 10.9. The van der Waals surface area contributed by atoms with E-state index in [1.165, 1.54) is 0 Å². The van der Waals surface area contributed by atoms with Gasteiger partial charge in [0, 0.05) is 47.4 Å². The van der Waals surface area contributed by atoms with E-state index >= 15 is 0 Å². The smallest absolute Gasteiger partial charge is 0.465 e. The van der Waals surface area contributed by atoms with Gasteiger partial charge in [-0.3, -0.25) is 9.59 Å². The van der Waals surface area contributed by atoms with Crippen LogP contribution < -0.4 is 0 Å². The molecule has 0 radical (unpaired) electrons. The van der Waals surface area contributed by atoms with Gasteiger partial charge >= 0.3 is 14.8 Å². The lowest BCUT2D eigenvalue weighted by Crippen LogP contribution is -2.43. The normalized spacial score (nSPS) is 13.4. The topological polar surface area (TPSA) is 74.3 Å². The van der Waals surface area contributed by atoms with Crippen LogP contribution >= 0.6 is 0 Å². The summed E-state index contributed by atoms with van der Waals surface area (Å²) in [6.45, 7) is 5.86. The Balaban J connectivity index is 4.55. The highest BCUT2D eigenvalue weighted by atomic mass is 28.4. The summed E-state index contributed by atoms with van der Waals surface area (Å²) in [7, 11) is 5.49. The van der Waals surface area contributed by atoms with Crippen LogP contribution in [0.5, 0.6) is 0 Å². The van der Waals surface area contributed by atoms with Crippen LogP contribution in [0.2, 0.25) is 6.04 Å². The van der Waals surface area contributed by atoms with E-state index in [2.05, 4.69) is 0 Å². The molecule has 0 heterocycles. The molecule has 0 fully saturated rings. The number of ether oxygens (including phenoxy) is 1. The molecule has 0 aromatic heterocycles. The minimum atomic E-state index is -2.64. The zero-order valence-corrected chi connectivity index (χ0v) is 18.0. The maximum absolute atomic E-state index is 12.4. The molecule has 25 heavy (non-hydrogen) atoms. The number of hydrogen-bond donors (Lipinski definition) is 0. The SMILES string of the molecule is CCC(CC(C)(C)C(=O)OCCC[Si](OC)(OC)OC)C(=O)N(C)C. The summed E-state index contributed by atoms with van der Waals surface area (Å²) in [6.07, 6.45) is 1.75. The lowest BCUT2D eigenvalue weighted by atomic mass is 9.81. The van der Waals surface area contributed by atoms with E-state index in [1.54, 1.807) is 40.3 Å². The molecule has 0 aliphatic carbocycles. The Morgan fingerprint density at radius 1 is 1.08 bits per heavy atom. The maximum Gasteiger partial charge on any atom is 0.500 e. The van der Waals surface area contributed by atoms with Crippen LogP contribution in [0.25, 0.3) is 0 Å². The lowest BCUT2D eigenvalue weighted by Gasteiger charge is -2.28. The van der Waals surface area contributed by atoms with E-state index in [1.807, 2.05) is 20.8 Å². The molecule has 0 rings (SSSR count). The second-order valence-electron chi connectivity index (χ2n) is 6.96. The van der Waals surface area contributed by atoms with E-state index in [0.29, 0.717) is 25.3 Å². The van der Waals surface area contributed by atoms with Crippen molar-refractivity contribution in [2.75, 3.05) is 42.0 Å². The quantitative estimate of drug-likeness (QED) is 0.295. The molecule has 7 nitrogen and oxygen atoms in total. The van der Waals surface area contributed by atoms with Gasteiger partial charge in [0.25, 0.3) is 0 Å². The van der Waals surface area contributed by atoms with Gasteiger partial charge in [0.1, 0.15) is 0 Å². The summed E-state index contributed by atoms with van der Waals surface area (Å²) in [6, 6.07) is 0.570. The van der Waals surface area contributed by atoms with Gasteiger partial charge in [0.15, 0.2) is 0 Å². The van der Waals surface area contributed by atoms with E-state index in [0.717, 1.165) is 0 Å². The van der Waals surface area contributed by atoms with Crippen molar-refractivity contribution in [1.29, 1.82) is 0 Å². The fraction of sp³-hybridized carbons (Fsp3) is 0.882. The number of amides is 1. The molecule has 0 aliphatic heterocycles. The molecule has 1 amide bonds. The molecular weight excluding hydrogens is 342 g/mol. The first kappa shape index (κ1) is 24.0. The monoisotopic (exact) mass is 377 g/mol. The molecule has 148 valence electrons. The van der Waals surface area contributed by atoms with Crippen molar-refractivity contribution in [1.82, 2.24) is 4.90 Å². The van der Waals surface area contributed by atoms with Crippen molar-refractivity contribution in [2.24, 2.45) is 11.3 Å². The summed E-state index contributed by atoms with van der Waals surface area (Å²) in [5.74, 6) is -0.440. The number of hydrogen-bond acceptors (Lipinski definition) is 6. The number of carbonyl (C=O) groups excluding carboxylic acids is 2. The molecule has 0 aliphatic rings. The van der Waals surface area contributed by atoms with Crippen LogP contribution in [0.3, 0.4) is 0 Å². The second-order valence-corrected chi connectivity index (χ2v) is 10.1. The van der Waals surface area contributed by atoms with Crippen LogP contribution in [-0.2, 0) is 27.6 Å². The molecular formula is C17H35NO6Si. The molecule has 0 aromatic rings. The number of rotatable bonds is 12. The summed E-state index contributed by atoms with van der Waals surface area (Å²) in [5, 5.41) is 0. The zero-order chi connectivity index (χ0) is 19.7. The van der Waals surface area contributed by atoms with E-state index < -0.39 is 14.2 Å². The third kappa shape index (κ3) is 7.43. The molecule has 1 atom stereocenters. The zero-order valence-electron chi connectivity index (χ0n) is 17.0. The first-order chi connectivity index (χ1) is 11.6. The highest BCUT2D eigenvalue weighted by Gasteiger charge is 2.38. The Labute approximate surface area is 153 Å². The molecule has 1 unspecified atom stereocenters. The van der Waals surface area contributed by atoms with Crippen LogP contribution in [-0.4, -0.2) is 67.6 Å². The Morgan fingerprint density at radius 3 is 2.00 bits per heavy atom. The van der Waals surface area contributed by atoms with Crippen LogP contribution in [0, 0.1) is 11.3 Å². The molecule has 8 heteroatoms. The standard InChI is InChI=1S/C17H35NO6Si/c1-9-14(15(19)18(4)5)13-17(2,3)16(20)24-11-10-12-25(21-6,22-7)23-8/h14H,9-13H2,1-8H3. The molecule has 0 aromatic carbocycles. The van der Waals surface area contributed by atoms with Gasteiger partial charge < -0.3 is 22.9 Å². The predicted octanol–water partition coefficient (Wildman–Crippen LogP) is 2.33. The fourth-order valence-corrected chi connectivity index (χ4v) is 4.37. The van der Waals surface area contributed by atoms with Crippen LogP contribution in [0.1, 0.15) is 40.0 Å². The highest BCUT2D eigenvalue weighted by Crippen LogP contribution is 2.30. The van der Waals surface area contributed by atoms with E-state index in [-0.39, 0.29) is 24.4 Å². The number of esters is 1. The third-order valence-electron chi connectivity index (χ3n) is 4.39. The summed E-state index contributed by atoms with van der Waals surface area (Å²) < 4.78 is 21.4. The van der Waals surface area contributed by atoms with Crippen molar-refractivity contribution >= 4 is 20.7 Å². The molecule has 0 bridgehead atoms. The highest BCUT2D eigenvalue weighted by molar-refractivity contribution is 6.60. The van der Waals surface area contributed by atoms with Gasteiger partial charge in [-0.15, -0.1) is 0 Å². The summed E-state index contributed by atoms with van der Waals surface area (Å²) in [4.78, 5) is 26.2. The number of nitrogens with zero attached hydrogens (tertiary/aromatic N) is 1. The van der Waals surface area contributed by atoms with Gasteiger partial charge in [-0.25, -0.2) is 0 Å². The Hall–Kier alpha value is -0.963. The number of carbonyl (C=O) groups is 2. The summed E-state index contributed by atoms with van der Waals surface area (Å²) in [5.41, 5.74) is -0.718. The van der Waals surface area contributed by atoms with Crippen molar-refractivity contribution in [3.8, 4) is 0 Å². The molecule has 0 spiro atoms. The Morgan fingerprint density at radius 2 is 1.60 bits per heavy atom. The maximum atomic E-state index is 12.4. The lowest BCUT2D eigenvalue weighted by molar-refractivity contribution is -0.155. The van der Waals surface area contributed by atoms with E-state index in [9.17, 15) is 9.59 Å². The first-order valence-electron chi connectivity index (χ1n) is 8.63. The third-order valence-corrected chi connectivity index (χ3v) is 7.22. The van der Waals surface area contributed by atoms with Gasteiger partial charge in [-0.05, 0) is 33.1 Å². The first-order valence-corrected chi connectivity index (χ1v) is 10.6. The minimum Gasteiger partial charge on any atom is -0.465 e. The van der Waals surface area contributed by atoms with Gasteiger partial charge in [0.05, 0.1) is 12.0 Å². The van der Waals surface area contributed by atoms with Crippen LogP contribution in [0.15, 0.2) is 0 Å². The van der Waals surface area contributed by atoms with Crippen molar-refractivity contribution in [2.45, 2.75) is 46.1 Å². The minimum absolute atomic E-state index is 0.0412. The molecule has 0 N–H and O–H groups in total. The fourth-order valence-electron chi connectivity index (χ4n) is 2.68. The average molecular weight is 378 g/mol. The van der Waals surface area contributed by atoms with Crippen LogP contribution in [0.4, 0.5) is 0 Å². The van der Waals surface area contributed by atoms with Gasteiger partial charge in [-0.2, -0.15) is 0 Å².